The second-order valence-corrected chi connectivity index (χ2v) is 6.56. The molecule has 2 heteroatoms. The van der Waals surface area contributed by atoms with Crippen LogP contribution in [0.5, 0.6) is 5.75 Å². The average Bonchev–Trinajstić information content (AvgIpc) is 2.81. The Hall–Kier alpha value is -1.02. The molecule has 0 bridgehead atoms. The minimum Gasteiger partial charge on any atom is -0.508 e. The quantitative estimate of drug-likeness (QED) is 0.874. The molecule has 1 N–H and O–H groups in total. The number of benzene rings is 1. The van der Waals surface area contributed by atoms with Gasteiger partial charge < -0.3 is 5.11 Å². The van der Waals surface area contributed by atoms with Crippen molar-refractivity contribution in [1.29, 1.82) is 0 Å². The van der Waals surface area contributed by atoms with Crippen molar-refractivity contribution in [2.24, 2.45) is 11.8 Å². The molecular weight excluding hydrogens is 234 g/mol. The molecule has 1 aromatic carbocycles. The molecule has 2 aliphatic rings. The van der Waals surface area contributed by atoms with Gasteiger partial charge in [0, 0.05) is 6.04 Å². The summed E-state index contributed by atoms with van der Waals surface area (Å²) in [6.07, 6.45) is 5.05. The highest BCUT2D eigenvalue weighted by Gasteiger charge is 2.31. The lowest BCUT2D eigenvalue weighted by atomic mass is 9.86. The molecule has 0 saturated carbocycles. The van der Waals surface area contributed by atoms with Gasteiger partial charge in [-0.15, -0.1) is 0 Å². The van der Waals surface area contributed by atoms with Crippen LogP contribution in [-0.2, 0) is 6.42 Å². The summed E-state index contributed by atoms with van der Waals surface area (Å²) in [6.45, 7) is 7.20. The largest absolute Gasteiger partial charge is 0.508 e. The van der Waals surface area contributed by atoms with Crippen LogP contribution in [0.1, 0.15) is 50.3 Å². The highest BCUT2D eigenvalue weighted by Crippen LogP contribution is 2.39. The minimum absolute atomic E-state index is 0.415. The summed E-state index contributed by atoms with van der Waals surface area (Å²) in [4.78, 5) is 2.67. The molecule has 0 amide bonds. The first-order valence-corrected chi connectivity index (χ1v) is 7.71. The van der Waals surface area contributed by atoms with Crippen molar-refractivity contribution in [3.05, 3.63) is 29.3 Å². The van der Waals surface area contributed by atoms with E-state index in [2.05, 4.69) is 24.8 Å². The van der Waals surface area contributed by atoms with Crippen LogP contribution < -0.4 is 0 Å². The lowest BCUT2D eigenvalue weighted by molar-refractivity contribution is 0.114. The predicted octanol–water partition coefficient (Wildman–Crippen LogP) is 3.75. The number of hydrogen-bond donors (Lipinski definition) is 1. The van der Waals surface area contributed by atoms with Crippen molar-refractivity contribution in [3.63, 3.8) is 0 Å². The zero-order valence-corrected chi connectivity index (χ0v) is 12.1. The summed E-state index contributed by atoms with van der Waals surface area (Å²) in [5.74, 6) is 2.16. The fourth-order valence-corrected chi connectivity index (χ4v) is 3.86. The Morgan fingerprint density at radius 3 is 2.58 bits per heavy atom. The highest BCUT2D eigenvalue weighted by molar-refractivity contribution is 5.40. The predicted molar refractivity (Wildman–Crippen MR) is 78.3 cm³/mol. The molecule has 0 aromatic heterocycles. The second-order valence-electron chi connectivity index (χ2n) is 6.56. The topological polar surface area (TPSA) is 23.5 Å². The standard InChI is InChI=1S/C17H25NO/c1-12(2)13-7-9-18(10-8-13)17-6-3-14-11-15(19)4-5-16(14)17/h4-5,11-13,17,19H,3,6-10H2,1-2H3. The minimum atomic E-state index is 0.415. The van der Waals surface area contributed by atoms with Crippen molar-refractivity contribution in [3.8, 4) is 5.75 Å². The number of nitrogens with zero attached hydrogens (tertiary/aromatic N) is 1. The molecular formula is C17H25NO. The Bertz CT molecular complexity index is 447. The van der Waals surface area contributed by atoms with Crippen LogP contribution in [0.3, 0.4) is 0 Å². The Balaban J connectivity index is 1.70. The van der Waals surface area contributed by atoms with Crippen molar-refractivity contribution < 1.29 is 5.11 Å². The number of fused-ring (bicyclic) bond motifs is 1. The van der Waals surface area contributed by atoms with Crippen LogP contribution in [0, 0.1) is 11.8 Å². The van der Waals surface area contributed by atoms with E-state index in [9.17, 15) is 5.11 Å². The zero-order valence-electron chi connectivity index (χ0n) is 12.1. The van der Waals surface area contributed by atoms with E-state index in [1.54, 1.807) is 0 Å². The molecule has 1 aliphatic carbocycles. The van der Waals surface area contributed by atoms with Gasteiger partial charge in [-0.05, 0) is 73.9 Å². The van der Waals surface area contributed by atoms with Crippen molar-refractivity contribution >= 4 is 0 Å². The lowest BCUT2D eigenvalue weighted by Gasteiger charge is -2.37. The number of phenolic OH excluding ortho intramolecular Hbond substituents is 1. The van der Waals surface area contributed by atoms with Gasteiger partial charge in [0.05, 0.1) is 0 Å². The van der Waals surface area contributed by atoms with Crippen LogP contribution in [0.25, 0.3) is 0 Å². The summed E-state index contributed by atoms with van der Waals surface area (Å²) in [6, 6.07) is 6.54. The van der Waals surface area contributed by atoms with Gasteiger partial charge in [-0.25, -0.2) is 0 Å². The third kappa shape index (κ3) is 2.51. The van der Waals surface area contributed by atoms with E-state index in [1.165, 1.54) is 43.5 Å². The van der Waals surface area contributed by atoms with E-state index >= 15 is 0 Å². The second kappa shape index (κ2) is 5.16. The molecule has 1 heterocycles. The Morgan fingerprint density at radius 1 is 1.16 bits per heavy atom. The molecule has 2 nitrogen and oxygen atoms in total. The van der Waals surface area contributed by atoms with Gasteiger partial charge in [0.25, 0.3) is 0 Å². The molecule has 1 fully saturated rings. The summed E-state index contributed by atoms with van der Waals surface area (Å²) >= 11 is 0. The number of rotatable bonds is 2. The Kier molecular flexibility index (Phi) is 3.53. The molecule has 19 heavy (non-hydrogen) atoms. The molecule has 1 unspecified atom stereocenters. The van der Waals surface area contributed by atoms with Gasteiger partial charge >= 0.3 is 0 Å². The molecule has 3 rings (SSSR count). The third-order valence-electron chi connectivity index (χ3n) is 5.13. The van der Waals surface area contributed by atoms with E-state index in [-0.39, 0.29) is 0 Å². The molecule has 0 radical (unpaired) electrons. The first kappa shape index (κ1) is 13.0. The van der Waals surface area contributed by atoms with E-state index in [0.717, 1.165) is 18.3 Å². The molecule has 1 atom stereocenters. The van der Waals surface area contributed by atoms with E-state index in [4.69, 9.17) is 0 Å². The van der Waals surface area contributed by atoms with E-state index in [1.807, 2.05) is 12.1 Å². The van der Waals surface area contributed by atoms with Crippen LogP contribution in [0.2, 0.25) is 0 Å². The normalized spacial score (nSPS) is 24.9. The SMILES string of the molecule is CC(C)C1CCN(C2CCc3cc(O)ccc32)CC1. The molecule has 0 spiro atoms. The molecule has 1 aromatic rings. The van der Waals surface area contributed by atoms with Crippen LogP contribution >= 0.6 is 0 Å². The average molecular weight is 259 g/mol. The van der Waals surface area contributed by atoms with Gasteiger partial charge in [-0.2, -0.15) is 0 Å². The number of likely N-dealkylation sites (tertiary alicyclic amines) is 1. The Labute approximate surface area is 116 Å². The maximum absolute atomic E-state index is 9.58. The van der Waals surface area contributed by atoms with Crippen molar-refractivity contribution in [2.45, 2.75) is 45.6 Å². The summed E-state index contributed by atoms with van der Waals surface area (Å²) in [7, 11) is 0. The van der Waals surface area contributed by atoms with Crippen LogP contribution in [-0.4, -0.2) is 23.1 Å². The first-order valence-electron chi connectivity index (χ1n) is 7.71. The maximum atomic E-state index is 9.58. The smallest absolute Gasteiger partial charge is 0.115 e. The number of phenols is 1. The zero-order chi connectivity index (χ0) is 13.4. The first-order chi connectivity index (χ1) is 9.15. The van der Waals surface area contributed by atoms with Gasteiger partial charge in [0.1, 0.15) is 5.75 Å². The maximum Gasteiger partial charge on any atom is 0.115 e. The monoisotopic (exact) mass is 259 g/mol. The van der Waals surface area contributed by atoms with Gasteiger partial charge in [-0.1, -0.05) is 19.9 Å². The van der Waals surface area contributed by atoms with Gasteiger partial charge in [-0.3, -0.25) is 4.90 Å². The fraction of sp³-hybridized carbons (Fsp3) is 0.647. The number of piperidine rings is 1. The number of hydrogen-bond acceptors (Lipinski definition) is 2. The van der Waals surface area contributed by atoms with Gasteiger partial charge in [0.2, 0.25) is 0 Å². The molecule has 104 valence electrons. The van der Waals surface area contributed by atoms with Gasteiger partial charge in [0.15, 0.2) is 0 Å². The van der Waals surface area contributed by atoms with E-state index in [0.29, 0.717) is 11.8 Å². The number of aryl methyl sites for hydroxylation is 1. The third-order valence-corrected chi connectivity index (χ3v) is 5.13. The summed E-state index contributed by atoms with van der Waals surface area (Å²) in [5, 5.41) is 9.58. The summed E-state index contributed by atoms with van der Waals surface area (Å²) < 4.78 is 0. The molecule has 1 aliphatic heterocycles. The highest BCUT2D eigenvalue weighted by atomic mass is 16.3. The molecule has 1 saturated heterocycles. The number of aromatic hydroxyl groups is 1. The Morgan fingerprint density at radius 2 is 1.89 bits per heavy atom. The fourth-order valence-electron chi connectivity index (χ4n) is 3.86. The lowest BCUT2D eigenvalue weighted by Crippen LogP contribution is -2.37. The van der Waals surface area contributed by atoms with E-state index < -0.39 is 0 Å². The van der Waals surface area contributed by atoms with Crippen molar-refractivity contribution in [2.75, 3.05) is 13.1 Å². The van der Waals surface area contributed by atoms with Crippen molar-refractivity contribution in [1.82, 2.24) is 4.90 Å². The van der Waals surface area contributed by atoms with Crippen LogP contribution in [0.15, 0.2) is 18.2 Å². The summed E-state index contributed by atoms with van der Waals surface area (Å²) in [5.41, 5.74) is 2.82. The van der Waals surface area contributed by atoms with Crippen LogP contribution in [0.4, 0.5) is 0 Å².